The van der Waals surface area contributed by atoms with Crippen LogP contribution in [0.2, 0.25) is 0 Å². The van der Waals surface area contributed by atoms with Gasteiger partial charge in [0, 0.05) is 13.7 Å². The molecule has 0 N–H and O–H groups in total. The molecule has 0 bridgehead atoms. The zero-order valence-electron chi connectivity index (χ0n) is 15.0. The number of hydrogen-bond acceptors (Lipinski definition) is 3. The fourth-order valence-corrected chi connectivity index (χ4v) is 4.89. The highest BCUT2D eigenvalue weighted by atomic mass is 19.1. The Labute approximate surface area is 144 Å². The van der Waals surface area contributed by atoms with Crippen LogP contribution in [-0.4, -0.2) is 50.5 Å². The van der Waals surface area contributed by atoms with Gasteiger partial charge in [-0.3, -0.25) is 0 Å². The van der Waals surface area contributed by atoms with E-state index < -0.39 is 30.7 Å². The Kier molecular flexibility index (Phi) is 6.50. The van der Waals surface area contributed by atoms with Crippen molar-refractivity contribution in [3.63, 3.8) is 0 Å². The third-order valence-electron chi connectivity index (χ3n) is 6.25. The van der Waals surface area contributed by atoms with Gasteiger partial charge in [-0.05, 0) is 43.9 Å². The van der Waals surface area contributed by atoms with Gasteiger partial charge in [-0.25, -0.2) is 8.78 Å². The molecule has 0 amide bonds. The van der Waals surface area contributed by atoms with Crippen LogP contribution in [0.4, 0.5) is 8.78 Å². The molecule has 1 saturated heterocycles. The normalized spacial score (nSPS) is 45.0. The summed E-state index contributed by atoms with van der Waals surface area (Å²) >= 11 is 0. The Morgan fingerprint density at radius 1 is 0.875 bits per heavy atom. The van der Waals surface area contributed by atoms with Gasteiger partial charge in [-0.1, -0.05) is 26.2 Å². The average molecular weight is 346 g/mol. The summed E-state index contributed by atoms with van der Waals surface area (Å²) in [4.78, 5) is 0. The lowest BCUT2D eigenvalue weighted by molar-refractivity contribution is -0.129. The molecule has 0 radical (unpaired) electrons. The van der Waals surface area contributed by atoms with Crippen LogP contribution in [0.15, 0.2) is 0 Å². The number of fused-ring (bicyclic) bond motifs is 3. The summed E-state index contributed by atoms with van der Waals surface area (Å²) in [5.41, 5.74) is 0. The molecule has 1 heterocycles. The fourth-order valence-electron chi connectivity index (χ4n) is 4.89. The summed E-state index contributed by atoms with van der Waals surface area (Å²) in [6.45, 7) is 2.79. The first-order chi connectivity index (χ1) is 11.7. The van der Waals surface area contributed by atoms with Crippen LogP contribution >= 0.6 is 0 Å². The molecule has 8 atom stereocenters. The van der Waals surface area contributed by atoms with Crippen molar-refractivity contribution in [1.29, 1.82) is 0 Å². The molecule has 5 heteroatoms. The Morgan fingerprint density at radius 3 is 2.12 bits per heavy atom. The highest BCUT2D eigenvalue weighted by Crippen LogP contribution is 2.49. The highest BCUT2D eigenvalue weighted by molar-refractivity contribution is 5.04. The van der Waals surface area contributed by atoms with Crippen molar-refractivity contribution in [2.75, 3.05) is 13.7 Å². The van der Waals surface area contributed by atoms with E-state index in [4.69, 9.17) is 14.2 Å². The monoisotopic (exact) mass is 346 g/mol. The summed E-state index contributed by atoms with van der Waals surface area (Å²) in [5, 5.41) is 0. The molecule has 24 heavy (non-hydrogen) atoms. The van der Waals surface area contributed by atoms with E-state index in [0.717, 1.165) is 32.1 Å². The molecular formula is C19H32F2O3. The molecule has 1 aliphatic heterocycles. The first-order valence-electron chi connectivity index (χ1n) is 9.75. The van der Waals surface area contributed by atoms with Crippen molar-refractivity contribution in [3.8, 4) is 0 Å². The van der Waals surface area contributed by atoms with Crippen LogP contribution in [0.25, 0.3) is 0 Å². The van der Waals surface area contributed by atoms with E-state index in [9.17, 15) is 8.78 Å². The number of hydrogen-bond donors (Lipinski definition) is 0. The van der Waals surface area contributed by atoms with Gasteiger partial charge in [-0.2, -0.15) is 0 Å². The van der Waals surface area contributed by atoms with Crippen LogP contribution in [0, 0.1) is 11.8 Å². The van der Waals surface area contributed by atoms with Gasteiger partial charge >= 0.3 is 0 Å². The smallest absolute Gasteiger partial charge is 0.152 e. The van der Waals surface area contributed by atoms with Gasteiger partial charge in [0.1, 0.15) is 0 Å². The minimum Gasteiger partial charge on any atom is -0.378 e. The molecule has 3 rings (SSSR count). The van der Waals surface area contributed by atoms with Crippen LogP contribution < -0.4 is 0 Å². The van der Waals surface area contributed by atoms with Crippen LogP contribution in [-0.2, 0) is 14.2 Å². The van der Waals surface area contributed by atoms with Gasteiger partial charge in [-0.15, -0.1) is 0 Å². The van der Waals surface area contributed by atoms with E-state index >= 15 is 0 Å². The Bertz CT molecular complexity index is 395. The molecule has 0 aromatic carbocycles. The van der Waals surface area contributed by atoms with Crippen molar-refractivity contribution in [2.45, 2.75) is 95.0 Å². The summed E-state index contributed by atoms with van der Waals surface area (Å²) in [6, 6.07) is 0. The maximum atomic E-state index is 14.9. The summed E-state index contributed by atoms with van der Waals surface area (Å²) in [7, 11) is 1.54. The second-order valence-electron chi connectivity index (χ2n) is 7.68. The summed E-state index contributed by atoms with van der Waals surface area (Å²) < 4.78 is 46.4. The van der Waals surface area contributed by atoms with E-state index in [0.29, 0.717) is 13.0 Å². The number of ether oxygens (including phenoxy) is 3. The zero-order chi connectivity index (χ0) is 17.1. The predicted molar refractivity (Wildman–Crippen MR) is 88.6 cm³/mol. The lowest BCUT2D eigenvalue weighted by atomic mass is 9.71. The maximum absolute atomic E-state index is 14.9. The second-order valence-corrected chi connectivity index (χ2v) is 7.68. The summed E-state index contributed by atoms with van der Waals surface area (Å²) in [5.74, 6) is 0.279. The molecule has 2 saturated carbocycles. The van der Waals surface area contributed by atoms with Crippen LogP contribution in [0.3, 0.4) is 0 Å². The second kappa shape index (κ2) is 8.41. The SMILES string of the molecule is CCCCCCOC1CCC2C3CCC(OC)C(F)C3OC2C1F. The minimum atomic E-state index is -1.14. The molecule has 3 aliphatic rings. The largest absolute Gasteiger partial charge is 0.378 e. The molecule has 3 nitrogen and oxygen atoms in total. The lowest BCUT2D eigenvalue weighted by Gasteiger charge is -2.37. The Morgan fingerprint density at radius 2 is 1.50 bits per heavy atom. The van der Waals surface area contributed by atoms with Crippen LogP contribution in [0.5, 0.6) is 0 Å². The van der Waals surface area contributed by atoms with Crippen molar-refractivity contribution in [1.82, 2.24) is 0 Å². The number of unbranched alkanes of at least 4 members (excludes halogenated alkanes) is 3. The maximum Gasteiger partial charge on any atom is 0.152 e. The fraction of sp³-hybridized carbons (Fsp3) is 1.00. The van der Waals surface area contributed by atoms with Crippen molar-refractivity contribution < 1.29 is 23.0 Å². The molecule has 0 aromatic rings. The third kappa shape index (κ3) is 3.63. The molecule has 8 unspecified atom stereocenters. The molecule has 0 spiro atoms. The quantitative estimate of drug-likeness (QED) is 0.646. The molecule has 3 fully saturated rings. The summed E-state index contributed by atoms with van der Waals surface area (Å²) in [6.07, 6.45) is 3.64. The van der Waals surface area contributed by atoms with Crippen LogP contribution in [0.1, 0.15) is 58.3 Å². The Balaban J connectivity index is 1.54. The van der Waals surface area contributed by atoms with E-state index in [-0.39, 0.29) is 17.9 Å². The topological polar surface area (TPSA) is 27.7 Å². The van der Waals surface area contributed by atoms with Gasteiger partial charge in [0.15, 0.2) is 12.3 Å². The van der Waals surface area contributed by atoms with Crippen molar-refractivity contribution in [2.24, 2.45) is 11.8 Å². The molecular weight excluding hydrogens is 314 g/mol. The van der Waals surface area contributed by atoms with Gasteiger partial charge in [0.2, 0.25) is 0 Å². The molecule has 0 aromatic heterocycles. The first kappa shape index (κ1) is 18.5. The minimum absolute atomic E-state index is 0.139. The van der Waals surface area contributed by atoms with E-state index in [1.807, 2.05) is 0 Å². The van der Waals surface area contributed by atoms with Crippen molar-refractivity contribution in [3.05, 3.63) is 0 Å². The number of halogens is 2. The number of rotatable bonds is 7. The van der Waals surface area contributed by atoms with Gasteiger partial charge < -0.3 is 14.2 Å². The first-order valence-corrected chi connectivity index (χ1v) is 9.75. The van der Waals surface area contributed by atoms with Gasteiger partial charge in [0.25, 0.3) is 0 Å². The van der Waals surface area contributed by atoms with E-state index in [1.165, 1.54) is 12.8 Å². The molecule has 2 aliphatic carbocycles. The molecule has 140 valence electrons. The van der Waals surface area contributed by atoms with E-state index in [1.54, 1.807) is 7.11 Å². The average Bonchev–Trinajstić information content (AvgIpc) is 2.97. The number of methoxy groups -OCH3 is 1. The van der Waals surface area contributed by atoms with Gasteiger partial charge in [0.05, 0.1) is 24.4 Å². The predicted octanol–water partition coefficient (Wildman–Crippen LogP) is 4.23. The standard InChI is InChI=1S/C19H32F2O3/c1-3-4-5-6-11-23-15-10-8-13-12-7-9-14(22-2)16(20)18(12)24-19(13)17(15)21/h12-19H,3-11H2,1-2H3. The van der Waals surface area contributed by atoms with Crippen molar-refractivity contribution >= 4 is 0 Å². The number of alkyl halides is 2. The Hall–Kier alpha value is -0.260. The van der Waals surface area contributed by atoms with E-state index in [2.05, 4.69) is 6.92 Å². The zero-order valence-corrected chi connectivity index (χ0v) is 15.0. The third-order valence-corrected chi connectivity index (χ3v) is 6.25. The lowest BCUT2D eigenvalue weighted by Crippen LogP contribution is -2.45. The highest BCUT2D eigenvalue weighted by Gasteiger charge is 2.57.